The Morgan fingerprint density at radius 3 is 2.79 bits per heavy atom. The van der Waals surface area contributed by atoms with Gasteiger partial charge in [0.25, 0.3) is 5.91 Å². The van der Waals surface area contributed by atoms with Crippen molar-refractivity contribution >= 4 is 33.2 Å². The molecule has 0 unspecified atom stereocenters. The van der Waals surface area contributed by atoms with Crippen LogP contribution in [0.1, 0.15) is 23.5 Å². The number of carbonyl (C=O) groups excluding carboxylic acids is 1. The monoisotopic (exact) mass is 276 g/mol. The van der Waals surface area contributed by atoms with Gasteiger partial charge in [0.05, 0.1) is 0 Å². The van der Waals surface area contributed by atoms with Crippen molar-refractivity contribution in [2.45, 2.75) is 19.4 Å². The Morgan fingerprint density at radius 1 is 1.71 bits per heavy atom. The average molecular weight is 277 g/mol. The van der Waals surface area contributed by atoms with E-state index in [4.69, 9.17) is 5.73 Å². The van der Waals surface area contributed by atoms with Gasteiger partial charge >= 0.3 is 0 Å². The van der Waals surface area contributed by atoms with Crippen LogP contribution in [0, 0.1) is 0 Å². The lowest BCUT2D eigenvalue weighted by Gasteiger charge is -2.23. The van der Waals surface area contributed by atoms with Crippen LogP contribution in [0.5, 0.6) is 0 Å². The molecule has 0 saturated carbocycles. The maximum absolute atomic E-state index is 11.7. The van der Waals surface area contributed by atoms with E-state index in [1.807, 2.05) is 25.3 Å². The summed E-state index contributed by atoms with van der Waals surface area (Å²) in [5.41, 5.74) is 5.16. The number of thiophene rings is 1. The molecule has 0 fully saturated rings. The highest BCUT2D eigenvalue weighted by atomic mass is 79.9. The van der Waals surface area contributed by atoms with Gasteiger partial charge < -0.3 is 11.1 Å². The Labute approximate surface area is 95.8 Å². The smallest absolute Gasteiger partial charge is 0.262 e. The normalized spacial score (nSPS) is 11.4. The minimum absolute atomic E-state index is 0.0812. The van der Waals surface area contributed by atoms with E-state index < -0.39 is 0 Å². The third-order valence-corrected chi connectivity index (χ3v) is 3.62. The fourth-order valence-electron chi connectivity index (χ4n) is 0.871. The molecule has 78 valence electrons. The first kappa shape index (κ1) is 11.7. The summed E-state index contributed by atoms with van der Waals surface area (Å²) in [4.78, 5) is 12.4. The molecule has 1 rings (SSSR count). The molecule has 0 spiro atoms. The highest BCUT2D eigenvalue weighted by Gasteiger charge is 2.21. The van der Waals surface area contributed by atoms with Crippen molar-refractivity contribution < 1.29 is 4.79 Å². The molecule has 5 heteroatoms. The number of halogens is 1. The summed E-state index contributed by atoms with van der Waals surface area (Å²) in [7, 11) is 0. The summed E-state index contributed by atoms with van der Waals surface area (Å²) < 4.78 is 0.827. The van der Waals surface area contributed by atoms with Crippen LogP contribution in [-0.4, -0.2) is 18.0 Å². The zero-order valence-electron chi connectivity index (χ0n) is 8.13. The fraction of sp³-hybridized carbons (Fsp3) is 0.444. The number of hydrogen-bond acceptors (Lipinski definition) is 3. The zero-order chi connectivity index (χ0) is 10.8. The summed E-state index contributed by atoms with van der Waals surface area (Å²) in [6, 6.07) is 1.86. The minimum atomic E-state index is -0.361. The van der Waals surface area contributed by atoms with E-state index in [2.05, 4.69) is 21.2 Å². The van der Waals surface area contributed by atoms with Crippen LogP contribution in [0.2, 0.25) is 0 Å². The van der Waals surface area contributed by atoms with Gasteiger partial charge in [0.15, 0.2) is 0 Å². The van der Waals surface area contributed by atoms with Crippen molar-refractivity contribution in [2.75, 3.05) is 6.54 Å². The Morgan fingerprint density at radius 2 is 2.36 bits per heavy atom. The van der Waals surface area contributed by atoms with Crippen molar-refractivity contribution in [3.05, 3.63) is 20.8 Å². The predicted octanol–water partition coefficient (Wildman–Crippen LogP) is 1.98. The summed E-state index contributed by atoms with van der Waals surface area (Å²) in [5, 5.41) is 4.74. The molecule has 0 bridgehead atoms. The highest BCUT2D eigenvalue weighted by molar-refractivity contribution is 9.10. The summed E-state index contributed by atoms with van der Waals surface area (Å²) >= 11 is 4.72. The van der Waals surface area contributed by atoms with E-state index in [1.165, 1.54) is 11.3 Å². The molecule has 1 amide bonds. The van der Waals surface area contributed by atoms with E-state index in [0.717, 1.165) is 4.47 Å². The van der Waals surface area contributed by atoms with Crippen molar-refractivity contribution in [3.63, 3.8) is 0 Å². The van der Waals surface area contributed by atoms with Crippen LogP contribution >= 0.6 is 27.3 Å². The second kappa shape index (κ2) is 4.42. The van der Waals surface area contributed by atoms with E-state index in [1.54, 1.807) is 0 Å². The molecule has 14 heavy (non-hydrogen) atoms. The second-order valence-corrected chi connectivity index (χ2v) is 5.41. The third-order valence-electron chi connectivity index (χ3n) is 1.79. The van der Waals surface area contributed by atoms with Crippen molar-refractivity contribution in [1.82, 2.24) is 5.32 Å². The summed E-state index contributed by atoms with van der Waals surface area (Å²) in [5.74, 6) is -0.0812. The van der Waals surface area contributed by atoms with Crippen LogP contribution in [0.25, 0.3) is 0 Å². The predicted molar refractivity (Wildman–Crippen MR) is 62.6 cm³/mol. The molecule has 0 radical (unpaired) electrons. The largest absolute Gasteiger partial charge is 0.345 e. The Balaban J connectivity index is 2.73. The van der Waals surface area contributed by atoms with E-state index in [0.29, 0.717) is 11.4 Å². The molecule has 3 nitrogen and oxygen atoms in total. The quantitative estimate of drug-likeness (QED) is 0.887. The number of rotatable bonds is 3. The molecule has 0 aliphatic rings. The lowest BCUT2D eigenvalue weighted by molar-refractivity contribution is 0.0919. The fourth-order valence-corrected chi connectivity index (χ4v) is 2.32. The third kappa shape index (κ3) is 2.80. The Hall–Kier alpha value is -0.390. The molecule has 0 aromatic carbocycles. The van der Waals surface area contributed by atoms with E-state index in [9.17, 15) is 4.79 Å². The molecule has 0 atom stereocenters. The van der Waals surface area contributed by atoms with Crippen LogP contribution < -0.4 is 11.1 Å². The van der Waals surface area contributed by atoms with Gasteiger partial charge in [-0.25, -0.2) is 0 Å². The molecule has 3 N–H and O–H groups in total. The maximum Gasteiger partial charge on any atom is 0.262 e. The maximum atomic E-state index is 11.7. The molecule has 1 aromatic rings. The number of nitrogens with two attached hydrogens (primary N) is 1. The van der Waals surface area contributed by atoms with Gasteiger partial charge in [-0.1, -0.05) is 0 Å². The molecule has 1 aromatic heterocycles. The van der Waals surface area contributed by atoms with Gasteiger partial charge in [0.2, 0.25) is 0 Å². The minimum Gasteiger partial charge on any atom is -0.345 e. The lowest BCUT2D eigenvalue weighted by atomic mass is 10.1. The van der Waals surface area contributed by atoms with Gasteiger partial charge in [0, 0.05) is 16.6 Å². The summed E-state index contributed by atoms with van der Waals surface area (Å²) in [6.45, 7) is 4.21. The molecule has 1 heterocycles. The first-order valence-electron chi connectivity index (χ1n) is 4.22. The summed E-state index contributed by atoms with van der Waals surface area (Å²) in [6.07, 6.45) is 0. The standard InChI is InChI=1S/C9H13BrN2OS/c1-9(2,5-11)12-8(13)7-6(10)3-4-14-7/h3-4H,5,11H2,1-2H3,(H,12,13). The molecule has 0 saturated heterocycles. The highest BCUT2D eigenvalue weighted by Crippen LogP contribution is 2.22. The number of amides is 1. The van der Waals surface area contributed by atoms with E-state index >= 15 is 0 Å². The number of carbonyl (C=O) groups is 1. The van der Waals surface area contributed by atoms with Gasteiger partial charge in [0.1, 0.15) is 4.88 Å². The SMILES string of the molecule is CC(C)(CN)NC(=O)c1sccc1Br. The van der Waals surface area contributed by atoms with Crippen LogP contribution in [0.3, 0.4) is 0 Å². The first-order valence-corrected chi connectivity index (χ1v) is 5.89. The Kier molecular flexibility index (Phi) is 3.69. The second-order valence-electron chi connectivity index (χ2n) is 3.64. The van der Waals surface area contributed by atoms with Crippen molar-refractivity contribution in [3.8, 4) is 0 Å². The average Bonchev–Trinajstić information content (AvgIpc) is 2.51. The number of hydrogen-bond donors (Lipinski definition) is 2. The van der Waals surface area contributed by atoms with E-state index in [-0.39, 0.29) is 11.4 Å². The zero-order valence-corrected chi connectivity index (χ0v) is 10.5. The molecule has 0 aliphatic heterocycles. The molecular weight excluding hydrogens is 264 g/mol. The van der Waals surface area contributed by atoms with Gasteiger partial charge in [-0.05, 0) is 41.2 Å². The topological polar surface area (TPSA) is 55.1 Å². The lowest BCUT2D eigenvalue weighted by Crippen LogP contribution is -2.48. The Bertz CT molecular complexity index is 335. The molecular formula is C9H13BrN2OS. The van der Waals surface area contributed by atoms with Gasteiger partial charge in [-0.2, -0.15) is 0 Å². The van der Waals surface area contributed by atoms with Crippen molar-refractivity contribution in [1.29, 1.82) is 0 Å². The number of nitrogens with one attached hydrogen (secondary N) is 1. The van der Waals surface area contributed by atoms with Crippen LogP contribution in [0.4, 0.5) is 0 Å². The van der Waals surface area contributed by atoms with Crippen molar-refractivity contribution in [2.24, 2.45) is 5.73 Å². The van der Waals surface area contributed by atoms with Gasteiger partial charge in [-0.15, -0.1) is 11.3 Å². The first-order chi connectivity index (χ1) is 6.46. The van der Waals surface area contributed by atoms with Crippen LogP contribution in [-0.2, 0) is 0 Å². The van der Waals surface area contributed by atoms with Crippen LogP contribution in [0.15, 0.2) is 15.9 Å². The molecule has 0 aliphatic carbocycles. The van der Waals surface area contributed by atoms with Gasteiger partial charge in [-0.3, -0.25) is 4.79 Å².